The second kappa shape index (κ2) is 12.8. The standard InChI is InChI=1S/C30H28N4O2/c35-29(20-16-23-10-4-1-5-11-23)31-26-18-19-27(34-33-25-14-8-3-9-15-25)28(22-26)32-30(36)21-17-24-12-6-2-7-13-24/h1-15,18-19,22H,16-17,20-21H2,(H,31,35)(H,32,36). The highest BCUT2D eigenvalue weighted by atomic mass is 16.2. The van der Waals surface area contributed by atoms with Gasteiger partial charge in [-0.05, 0) is 54.3 Å². The minimum Gasteiger partial charge on any atom is -0.326 e. The van der Waals surface area contributed by atoms with Crippen molar-refractivity contribution in [2.24, 2.45) is 10.2 Å². The zero-order valence-electron chi connectivity index (χ0n) is 19.9. The fourth-order valence-corrected chi connectivity index (χ4v) is 3.65. The van der Waals surface area contributed by atoms with Gasteiger partial charge >= 0.3 is 0 Å². The molecule has 6 heteroatoms. The van der Waals surface area contributed by atoms with E-state index < -0.39 is 0 Å². The molecule has 0 saturated carbocycles. The van der Waals surface area contributed by atoms with Gasteiger partial charge in [0.25, 0.3) is 0 Å². The van der Waals surface area contributed by atoms with E-state index in [1.54, 1.807) is 18.2 Å². The van der Waals surface area contributed by atoms with E-state index in [0.29, 0.717) is 48.4 Å². The number of carbonyl (C=O) groups is 2. The lowest BCUT2D eigenvalue weighted by molar-refractivity contribution is -0.116. The highest BCUT2D eigenvalue weighted by Crippen LogP contribution is 2.30. The number of hydrogen-bond acceptors (Lipinski definition) is 4. The van der Waals surface area contributed by atoms with Crippen LogP contribution in [0.5, 0.6) is 0 Å². The summed E-state index contributed by atoms with van der Waals surface area (Å²) in [5.74, 6) is -0.235. The van der Waals surface area contributed by atoms with E-state index in [1.165, 1.54) is 0 Å². The Morgan fingerprint density at radius 3 is 1.69 bits per heavy atom. The van der Waals surface area contributed by atoms with Crippen LogP contribution in [0.2, 0.25) is 0 Å². The topological polar surface area (TPSA) is 82.9 Å². The van der Waals surface area contributed by atoms with Crippen LogP contribution in [0.25, 0.3) is 0 Å². The molecule has 0 aliphatic carbocycles. The van der Waals surface area contributed by atoms with E-state index in [4.69, 9.17) is 0 Å². The number of nitrogens with zero attached hydrogens (tertiary/aromatic N) is 2. The number of carbonyl (C=O) groups excluding carboxylic acids is 2. The van der Waals surface area contributed by atoms with Gasteiger partial charge in [0.1, 0.15) is 5.69 Å². The Morgan fingerprint density at radius 2 is 1.11 bits per heavy atom. The first kappa shape index (κ1) is 24.5. The molecule has 2 N–H and O–H groups in total. The molecule has 0 aliphatic rings. The van der Waals surface area contributed by atoms with Crippen molar-refractivity contribution >= 4 is 34.6 Å². The van der Waals surface area contributed by atoms with E-state index in [1.807, 2.05) is 91.0 Å². The smallest absolute Gasteiger partial charge is 0.224 e. The summed E-state index contributed by atoms with van der Waals surface area (Å²) < 4.78 is 0. The van der Waals surface area contributed by atoms with Crippen LogP contribution < -0.4 is 10.6 Å². The summed E-state index contributed by atoms with van der Waals surface area (Å²) in [5, 5.41) is 14.5. The Labute approximate surface area is 211 Å². The van der Waals surface area contributed by atoms with Gasteiger partial charge < -0.3 is 10.6 Å². The average Bonchev–Trinajstić information content (AvgIpc) is 2.92. The zero-order chi connectivity index (χ0) is 25.0. The molecule has 36 heavy (non-hydrogen) atoms. The summed E-state index contributed by atoms with van der Waals surface area (Å²) in [7, 11) is 0. The molecule has 4 rings (SSSR count). The van der Waals surface area contributed by atoms with Crippen LogP contribution in [0.15, 0.2) is 119 Å². The summed E-state index contributed by atoms with van der Waals surface area (Å²) in [5.41, 5.74) is 4.50. The van der Waals surface area contributed by atoms with Gasteiger partial charge in [0, 0.05) is 18.5 Å². The van der Waals surface area contributed by atoms with E-state index in [-0.39, 0.29) is 11.8 Å². The predicted molar refractivity (Wildman–Crippen MR) is 144 cm³/mol. The second-order valence-corrected chi connectivity index (χ2v) is 8.34. The molecule has 0 aromatic heterocycles. The van der Waals surface area contributed by atoms with Crippen LogP contribution in [0.1, 0.15) is 24.0 Å². The molecule has 0 saturated heterocycles. The van der Waals surface area contributed by atoms with Crippen molar-refractivity contribution in [3.05, 3.63) is 120 Å². The number of azo groups is 1. The first-order chi connectivity index (χ1) is 17.7. The molecule has 0 atom stereocenters. The molecule has 0 fully saturated rings. The Kier molecular flexibility index (Phi) is 8.70. The minimum atomic E-state index is -0.137. The second-order valence-electron chi connectivity index (χ2n) is 8.34. The summed E-state index contributed by atoms with van der Waals surface area (Å²) in [6.07, 6.45) is 1.97. The lowest BCUT2D eigenvalue weighted by Crippen LogP contribution is -2.14. The SMILES string of the molecule is O=C(CCc1ccccc1)Nc1ccc(N=Nc2ccccc2)c(NC(=O)CCc2ccccc2)c1. The summed E-state index contributed by atoms with van der Waals surface area (Å²) in [6, 6.07) is 34.4. The fourth-order valence-electron chi connectivity index (χ4n) is 3.65. The molecule has 0 radical (unpaired) electrons. The number of hydrogen-bond donors (Lipinski definition) is 2. The number of anilines is 2. The molecule has 6 nitrogen and oxygen atoms in total. The highest BCUT2D eigenvalue weighted by molar-refractivity contribution is 5.96. The van der Waals surface area contributed by atoms with E-state index in [2.05, 4.69) is 20.9 Å². The number of benzene rings is 4. The maximum atomic E-state index is 12.7. The van der Waals surface area contributed by atoms with Gasteiger partial charge in [-0.15, -0.1) is 5.11 Å². The molecule has 0 aliphatic heterocycles. The van der Waals surface area contributed by atoms with E-state index in [0.717, 1.165) is 11.1 Å². The lowest BCUT2D eigenvalue weighted by Gasteiger charge is -2.11. The van der Waals surface area contributed by atoms with E-state index in [9.17, 15) is 9.59 Å². The van der Waals surface area contributed by atoms with Gasteiger partial charge in [0.15, 0.2) is 0 Å². The minimum absolute atomic E-state index is 0.0983. The normalized spacial score (nSPS) is 10.8. The van der Waals surface area contributed by atoms with Crippen LogP contribution in [0, 0.1) is 0 Å². The van der Waals surface area contributed by atoms with Crippen molar-refractivity contribution in [2.45, 2.75) is 25.7 Å². The molecule has 0 bridgehead atoms. The van der Waals surface area contributed by atoms with Gasteiger partial charge in [-0.25, -0.2) is 0 Å². The number of nitrogens with one attached hydrogen (secondary N) is 2. The van der Waals surface area contributed by atoms with Crippen LogP contribution in [-0.4, -0.2) is 11.8 Å². The van der Waals surface area contributed by atoms with Gasteiger partial charge in [0.05, 0.1) is 11.4 Å². The molecule has 180 valence electrons. The number of aryl methyl sites for hydroxylation is 2. The third kappa shape index (κ3) is 7.74. The van der Waals surface area contributed by atoms with Crippen molar-refractivity contribution in [1.82, 2.24) is 0 Å². The average molecular weight is 477 g/mol. The summed E-state index contributed by atoms with van der Waals surface area (Å²) in [4.78, 5) is 25.3. The largest absolute Gasteiger partial charge is 0.326 e. The first-order valence-corrected chi connectivity index (χ1v) is 11.9. The predicted octanol–water partition coefficient (Wildman–Crippen LogP) is 7.24. The van der Waals surface area contributed by atoms with Crippen LogP contribution in [0.4, 0.5) is 22.7 Å². The van der Waals surface area contributed by atoms with Crippen molar-refractivity contribution < 1.29 is 9.59 Å². The Morgan fingerprint density at radius 1 is 0.583 bits per heavy atom. The molecule has 0 spiro atoms. The van der Waals surface area contributed by atoms with Crippen molar-refractivity contribution in [1.29, 1.82) is 0 Å². The third-order valence-corrected chi connectivity index (χ3v) is 5.55. The fraction of sp³-hybridized carbons (Fsp3) is 0.133. The Balaban J connectivity index is 1.45. The maximum Gasteiger partial charge on any atom is 0.224 e. The quantitative estimate of drug-likeness (QED) is 0.236. The lowest BCUT2D eigenvalue weighted by atomic mass is 10.1. The number of amides is 2. The van der Waals surface area contributed by atoms with Crippen molar-refractivity contribution in [2.75, 3.05) is 10.6 Å². The first-order valence-electron chi connectivity index (χ1n) is 11.9. The third-order valence-electron chi connectivity index (χ3n) is 5.55. The summed E-state index contributed by atoms with van der Waals surface area (Å²) >= 11 is 0. The van der Waals surface area contributed by atoms with Crippen LogP contribution in [-0.2, 0) is 22.4 Å². The van der Waals surface area contributed by atoms with Gasteiger partial charge in [-0.3, -0.25) is 9.59 Å². The molecule has 2 amide bonds. The molecule has 0 heterocycles. The monoisotopic (exact) mass is 476 g/mol. The van der Waals surface area contributed by atoms with Gasteiger partial charge in [0.2, 0.25) is 11.8 Å². The molecule has 0 unspecified atom stereocenters. The van der Waals surface area contributed by atoms with Crippen molar-refractivity contribution in [3.8, 4) is 0 Å². The molecule has 4 aromatic carbocycles. The van der Waals surface area contributed by atoms with Crippen LogP contribution >= 0.6 is 0 Å². The summed E-state index contributed by atoms with van der Waals surface area (Å²) in [6.45, 7) is 0. The zero-order valence-corrected chi connectivity index (χ0v) is 19.9. The maximum absolute atomic E-state index is 12.7. The van der Waals surface area contributed by atoms with Gasteiger partial charge in [-0.2, -0.15) is 5.11 Å². The van der Waals surface area contributed by atoms with Gasteiger partial charge in [-0.1, -0.05) is 78.9 Å². The Bertz CT molecular complexity index is 1310. The Hall–Kier alpha value is -4.58. The molecule has 4 aromatic rings. The number of rotatable bonds is 10. The van der Waals surface area contributed by atoms with Crippen molar-refractivity contribution in [3.63, 3.8) is 0 Å². The van der Waals surface area contributed by atoms with Crippen LogP contribution in [0.3, 0.4) is 0 Å². The highest BCUT2D eigenvalue weighted by Gasteiger charge is 2.11. The van der Waals surface area contributed by atoms with E-state index >= 15 is 0 Å². The molecular weight excluding hydrogens is 448 g/mol. The molecular formula is C30H28N4O2.